The van der Waals surface area contributed by atoms with Gasteiger partial charge >= 0.3 is 12.1 Å². The van der Waals surface area contributed by atoms with Gasteiger partial charge in [-0.1, -0.05) is 23.2 Å². The van der Waals surface area contributed by atoms with E-state index in [-0.39, 0.29) is 10.0 Å². The van der Waals surface area contributed by atoms with E-state index in [1.807, 2.05) is 0 Å². The van der Waals surface area contributed by atoms with Gasteiger partial charge < -0.3 is 4.74 Å². The Labute approximate surface area is 107 Å². The minimum atomic E-state index is -4.64. The first-order chi connectivity index (χ1) is 7.69. The molecular weight excluding hydrogens is 310 g/mol. The minimum absolute atomic E-state index is 0.172. The van der Waals surface area contributed by atoms with Crippen molar-refractivity contribution in [3.63, 3.8) is 0 Å². The van der Waals surface area contributed by atoms with Crippen LogP contribution < -0.4 is 4.74 Å². The molecule has 0 saturated heterocycles. The van der Waals surface area contributed by atoms with Crippen molar-refractivity contribution in [3.8, 4) is 5.75 Å². The molecule has 1 nitrogen and oxygen atoms in total. The zero-order chi connectivity index (χ0) is 13.2. The second-order valence-corrected chi connectivity index (χ2v) is 4.56. The molecule has 1 aromatic carbocycles. The van der Waals surface area contributed by atoms with Crippen molar-refractivity contribution in [1.82, 2.24) is 0 Å². The molecule has 0 aliphatic heterocycles. The van der Waals surface area contributed by atoms with Crippen molar-refractivity contribution in [1.29, 1.82) is 0 Å². The van der Waals surface area contributed by atoms with E-state index in [1.54, 1.807) is 0 Å². The number of thioether (sulfide) groups is 1. The zero-order valence-corrected chi connectivity index (χ0v) is 10.0. The molecule has 0 fully saturated rings. The molecule has 0 aliphatic carbocycles. The summed E-state index contributed by atoms with van der Waals surface area (Å²) in [5.74, 6) is -0.670. The Morgan fingerprint density at radius 3 is 2.12 bits per heavy atom. The first kappa shape index (κ1) is 14.7. The maximum absolute atomic E-state index is 12.1. The lowest BCUT2D eigenvalue weighted by Crippen LogP contribution is -2.05. The van der Waals surface area contributed by atoms with Gasteiger partial charge in [-0.15, -0.1) is 0 Å². The van der Waals surface area contributed by atoms with Crippen LogP contribution >= 0.6 is 35.0 Å². The largest absolute Gasteiger partial charge is 0.446 e. The molecule has 0 heterocycles. The van der Waals surface area contributed by atoms with Crippen molar-refractivity contribution >= 4 is 35.0 Å². The molecule has 0 radical (unpaired) electrons. The summed E-state index contributed by atoms with van der Waals surface area (Å²) in [6, 6.07) is 1.63. The molecule has 0 spiro atoms. The highest BCUT2D eigenvalue weighted by Crippen LogP contribution is 2.44. The van der Waals surface area contributed by atoms with Crippen molar-refractivity contribution in [2.24, 2.45) is 0 Å². The third-order valence-electron chi connectivity index (χ3n) is 1.43. The average molecular weight is 313 g/mol. The Morgan fingerprint density at radius 1 is 1.12 bits per heavy atom. The van der Waals surface area contributed by atoms with Crippen molar-refractivity contribution in [2.45, 2.75) is 17.0 Å². The molecule has 0 bridgehead atoms. The van der Waals surface area contributed by atoms with E-state index < -0.39 is 34.5 Å². The van der Waals surface area contributed by atoms with Crippen molar-refractivity contribution in [3.05, 3.63) is 22.2 Å². The SMILES string of the molecule is FC(F)Oc1cc(Cl)c(Cl)cc1SC(F)(F)F. The van der Waals surface area contributed by atoms with Crippen LogP contribution in [0, 0.1) is 0 Å². The Morgan fingerprint density at radius 2 is 1.65 bits per heavy atom. The molecule has 0 saturated carbocycles. The van der Waals surface area contributed by atoms with E-state index in [2.05, 4.69) is 4.74 Å². The van der Waals surface area contributed by atoms with Crippen LogP contribution in [-0.4, -0.2) is 12.1 Å². The quantitative estimate of drug-likeness (QED) is 0.560. The maximum Gasteiger partial charge on any atom is 0.446 e. The fraction of sp³-hybridized carbons (Fsp3) is 0.250. The molecule has 0 amide bonds. The van der Waals surface area contributed by atoms with Gasteiger partial charge in [0.05, 0.1) is 14.9 Å². The summed E-state index contributed by atoms with van der Waals surface area (Å²) in [5.41, 5.74) is -4.64. The molecule has 0 aromatic heterocycles. The highest BCUT2D eigenvalue weighted by molar-refractivity contribution is 8.00. The van der Waals surface area contributed by atoms with Gasteiger partial charge in [0.1, 0.15) is 5.75 Å². The fourth-order valence-electron chi connectivity index (χ4n) is 0.903. The Kier molecular flexibility index (Phi) is 4.74. The average Bonchev–Trinajstić information content (AvgIpc) is 2.10. The summed E-state index contributed by atoms with van der Waals surface area (Å²) in [5, 5.41) is -0.353. The third-order valence-corrected chi connectivity index (χ3v) is 2.92. The summed E-state index contributed by atoms with van der Waals surface area (Å²) in [7, 11) is 0. The topological polar surface area (TPSA) is 9.23 Å². The van der Waals surface area contributed by atoms with E-state index in [4.69, 9.17) is 23.2 Å². The van der Waals surface area contributed by atoms with Crippen LogP contribution in [0.2, 0.25) is 10.0 Å². The van der Waals surface area contributed by atoms with Gasteiger partial charge in [0.2, 0.25) is 0 Å². The molecule has 17 heavy (non-hydrogen) atoms. The molecule has 9 heteroatoms. The van der Waals surface area contributed by atoms with E-state index in [0.717, 1.165) is 12.1 Å². The molecule has 1 aromatic rings. The van der Waals surface area contributed by atoms with Crippen LogP contribution in [0.5, 0.6) is 5.75 Å². The summed E-state index contributed by atoms with van der Waals surface area (Å²) < 4.78 is 64.3. The van der Waals surface area contributed by atoms with E-state index in [0.29, 0.717) is 0 Å². The number of rotatable bonds is 3. The van der Waals surface area contributed by atoms with E-state index in [1.165, 1.54) is 0 Å². The lowest BCUT2D eigenvalue weighted by Gasteiger charge is -2.13. The molecule has 96 valence electrons. The number of benzene rings is 1. The van der Waals surface area contributed by atoms with Crippen LogP contribution in [-0.2, 0) is 0 Å². The van der Waals surface area contributed by atoms with Crippen LogP contribution in [0.4, 0.5) is 22.0 Å². The minimum Gasteiger partial charge on any atom is -0.434 e. The standard InChI is InChI=1S/C8H3Cl2F5OS/c9-3-1-5(16-7(11)12)6(2-4(3)10)17-8(13,14)15/h1-2,7H. The van der Waals surface area contributed by atoms with Gasteiger partial charge in [-0.3, -0.25) is 0 Å². The molecule has 0 N–H and O–H groups in total. The predicted molar refractivity (Wildman–Crippen MR) is 55.0 cm³/mol. The van der Waals surface area contributed by atoms with Crippen molar-refractivity contribution < 1.29 is 26.7 Å². The van der Waals surface area contributed by atoms with Gasteiger partial charge in [0.25, 0.3) is 0 Å². The number of hydrogen-bond acceptors (Lipinski definition) is 2. The van der Waals surface area contributed by atoms with Crippen LogP contribution in [0.25, 0.3) is 0 Å². The lowest BCUT2D eigenvalue weighted by atomic mass is 10.3. The summed E-state index contributed by atoms with van der Waals surface area (Å²) in [4.78, 5) is -0.577. The van der Waals surface area contributed by atoms with E-state index in [9.17, 15) is 22.0 Å². The van der Waals surface area contributed by atoms with Gasteiger partial charge in [-0.2, -0.15) is 22.0 Å². The van der Waals surface area contributed by atoms with E-state index >= 15 is 0 Å². The molecule has 0 aliphatic rings. The van der Waals surface area contributed by atoms with Gasteiger partial charge in [-0.25, -0.2) is 0 Å². The molecule has 0 atom stereocenters. The number of alkyl halides is 5. The summed E-state index contributed by atoms with van der Waals surface area (Å²) >= 11 is 10.4. The Balaban J connectivity index is 3.11. The monoisotopic (exact) mass is 312 g/mol. The molecule has 0 unspecified atom stereocenters. The smallest absolute Gasteiger partial charge is 0.434 e. The van der Waals surface area contributed by atoms with Crippen LogP contribution in [0.3, 0.4) is 0 Å². The fourth-order valence-corrected chi connectivity index (χ4v) is 1.92. The zero-order valence-electron chi connectivity index (χ0n) is 7.69. The lowest BCUT2D eigenvalue weighted by molar-refractivity contribution is -0.0527. The Hall–Kier alpha value is -0.400. The second kappa shape index (κ2) is 5.49. The predicted octanol–water partition coefficient (Wildman–Crippen LogP) is 5.21. The third kappa shape index (κ3) is 4.77. The summed E-state index contributed by atoms with van der Waals surface area (Å²) in [6.45, 7) is -3.25. The second-order valence-electron chi connectivity index (χ2n) is 2.64. The first-order valence-corrected chi connectivity index (χ1v) is 5.46. The number of hydrogen-bond donors (Lipinski definition) is 0. The molecule has 1 rings (SSSR count). The number of ether oxygens (including phenoxy) is 1. The van der Waals surface area contributed by atoms with Gasteiger partial charge in [0.15, 0.2) is 0 Å². The first-order valence-electron chi connectivity index (χ1n) is 3.88. The highest BCUT2D eigenvalue weighted by Gasteiger charge is 2.31. The maximum atomic E-state index is 12.1. The normalized spacial score (nSPS) is 12.0. The Bertz CT molecular complexity index is 410. The van der Waals surface area contributed by atoms with Crippen LogP contribution in [0.1, 0.15) is 0 Å². The van der Waals surface area contributed by atoms with Crippen LogP contribution in [0.15, 0.2) is 17.0 Å². The number of halogens is 7. The van der Waals surface area contributed by atoms with Crippen molar-refractivity contribution in [2.75, 3.05) is 0 Å². The highest BCUT2D eigenvalue weighted by atomic mass is 35.5. The van der Waals surface area contributed by atoms with Gasteiger partial charge in [-0.05, 0) is 17.8 Å². The summed E-state index contributed by atoms with van der Waals surface area (Å²) in [6.07, 6.45) is 0. The molecular formula is C8H3Cl2F5OS. The van der Waals surface area contributed by atoms with Gasteiger partial charge in [0, 0.05) is 6.07 Å².